The molecule has 1 heterocycles. The maximum Gasteiger partial charge on any atom is 0.222 e. The summed E-state index contributed by atoms with van der Waals surface area (Å²) in [7, 11) is -1.14. The largest absolute Gasteiger partial charge is 0.357 e. The highest BCUT2D eigenvalue weighted by molar-refractivity contribution is 14.0. The molecular weight excluding hydrogens is 498 g/mol. The predicted octanol–water partition coefficient (Wildman–Crippen LogP) is 1.53. The van der Waals surface area contributed by atoms with Crippen LogP contribution in [0.3, 0.4) is 0 Å². The number of benzene rings is 1. The topological polar surface area (TPSA) is 90.9 Å². The molecule has 1 amide bonds. The summed E-state index contributed by atoms with van der Waals surface area (Å²) < 4.78 is 35.9. The first-order chi connectivity index (χ1) is 12.8. The van der Waals surface area contributed by atoms with E-state index < -0.39 is 9.84 Å². The maximum atomic E-state index is 13.0. The van der Waals surface area contributed by atoms with Gasteiger partial charge in [0.1, 0.15) is 5.82 Å². The van der Waals surface area contributed by atoms with Gasteiger partial charge in [-0.3, -0.25) is 9.79 Å². The number of amides is 1. The van der Waals surface area contributed by atoms with Crippen molar-refractivity contribution in [2.24, 2.45) is 4.99 Å². The van der Waals surface area contributed by atoms with Gasteiger partial charge in [0.25, 0.3) is 0 Å². The van der Waals surface area contributed by atoms with E-state index in [0.29, 0.717) is 32.0 Å². The molecule has 158 valence electrons. The van der Waals surface area contributed by atoms with Crippen molar-refractivity contribution in [2.45, 2.75) is 32.4 Å². The molecule has 0 radical (unpaired) electrons. The number of rotatable bonds is 7. The fourth-order valence-electron chi connectivity index (χ4n) is 2.88. The van der Waals surface area contributed by atoms with Crippen LogP contribution in [0.1, 0.15) is 25.3 Å². The molecule has 2 rings (SSSR count). The number of aliphatic imine (C=N–C) groups is 1. The third-order valence-corrected chi connectivity index (χ3v) is 6.00. The molecular formula is C18H28FIN4O3S. The Hall–Kier alpha value is -1.43. The molecule has 1 aliphatic heterocycles. The molecule has 1 aliphatic rings. The Morgan fingerprint density at radius 1 is 1.32 bits per heavy atom. The lowest BCUT2D eigenvalue weighted by molar-refractivity contribution is -0.121. The number of carbonyl (C=O) groups is 1. The molecule has 1 saturated heterocycles. The second-order valence-corrected chi connectivity index (χ2v) is 8.86. The average molecular weight is 526 g/mol. The van der Waals surface area contributed by atoms with Gasteiger partial charge in [-0.25, -0.2) is 12.8 Å². The van der Waals surface area contributed by atoms with E-state index in [1.165, 1.54) is 12.1 Å². The van der Waals surface area contributed by atoms with Gasteiger partial charge in [0.2, 0.25) is 5.91 Å². The number of carbonyl (C=O) groups excluding carboxylic acids is 1. The zero-order chi connectivity index (χ0) is 19.9. The highest BCUT2D eigenvalue weighted by Gasteiger charge is 2.28. The summed E-state index contributed by atoms with van der Waals surface area (Å²) in [5, 5.41) is 5.92. The Bertz CT molecular complexity index is 772. The third kappa shape index (κ3) is 8.29. The van der Waals surface area contributed by atoms with Crippen molar-refractivity contribution in [3.63, 3.8) is 0 Å². The Morgan fingerprint density at radius 3 is 2.57 bits per heavy atom. The smallest absolute Gasteiger partial charge is 0.222 e. The minimum absolute atomic E-state index is 0. The molecule has 0 aromatic heterocycles. The first-order valence-corrected chi connectivity index (χ1v) is 10.8. The number of nitrogens with one attached hydrogen (secondary N) is 2. The Labute approximate surface area is 183 Å². The lowest BCUT2D eigenvalue weighted by Crippen LogP contribution is -2.39. The van der Waals surface area contributed by atoms with Crippen LogP contribution in [0.4, 0.5) is 4.39 Å². The highest BCUT2D eigenvalue weighted by atomic mass is 127. The molecule has 1 unspecified atom stereocenters. The van der Waals surface area contributed by atoms with Gasteiger partial charge in [-0.15, -0.1) is 24.0 Å². The van der Waals surface area contributed by atoms with Gasteiger partial charge in [-0.05, 0) is 31.0 Å². The van der Waals surface area contributed by atoms with E-state index in [1.54, 1.807) is 12.1 Å². The molecule has 7 nitrogen and oxygen atoms in total. The summed E-state index contributed by atoms with van der Waals surface area (Å²) in [6.45, 7) is 3.48. The molecule has 0 bridgehead atoms. The Balaban J connectivity index is 0.00000392. The lowest BCUT2D eigenvalue weighted by Gasteiger charge is -2.22. The van der Waals surface area contributed by atoms with E-state index in [1.807, 2.05) is 18.9 Å². The van der Waals surface area contributed by atoms with Crippen LogP contribution in [-0.4, -0.2) is 62.9 Å². The summed E-state index contributed by atoms with van der Waals surface area (Å²) >= 11 is 0. The van der Waals surface area contributed by atoms with Crippen molar-refractivity contribution >= 4 is 45.7 Å². The fraction of sp³-hybridized carbons (Fsp3) is 0.556. The molecule has 1 aromatic carbocycles. The number of guanidine groups is 1. The summed E-state index contributed by atoms with van der Waals surface area (Å²) in [6, 6.07) is 5.99. The lowest BCUT2D eigenvalue weighted by atomic mass is 10.2. The van der Waals surface area contributed by atoms with Crippen molar-refractivity contribution in [2.75, 3.05) is 31.6 Å². The number of halogens is 2. The third-order valence-electron chi connectivity index (χ3n) is 4.23. The van der Waals surface area contributed by atoms with E-state index >= 15 is 0 Å². The predicted molar refractivity (Wildman–Crippen MR) is 119 cm³/mol. The second-order valence-electron chi connectivity index (χ2n) is 6.64. The number of hydrogen-bond acceptors (Lipinski definition) is 4. The van der Waals surface area contributed by atoms with Gasteiger partial charge < -0.3 is 15.5 Å². The maximum absolute atomic E-state index is 13.0. The number of hydrogen-bond donors (Lipinski definition) is 2. The van der Waals surface area contributed by atoms with Crippen LogP contribution in [-0.2, 0) is 21.2 Å². The Morgan fingerprint density at radius 2 is 2.00 bits per heavy atom. The highest BCUT2D eigenvalue weighted by Crippen LogP contribution is 2.11. The van der Waals surface area contributed by atoms with Gasteiger partial charge in [0, 0.05) is 32.6 Å². The van der Waals surface area contributed by atoms with Gasteiger partial charge >= 0.3 is 0 Å². The Kier molecular flexibility index (Phi) is 10.1. The van der Waals surface area contributed by atoms with Crippen LogP contribution in [0.5, 0.6) is 0 Å². The van der Waals surface area contributed by atoms with Crippen LogP contribution in [0.2, 0.25) is 0 Å². The summed E-state index contributed by atoms with van der Waals surface area (Å²) in [5.41, 5.74) is 0.949. The molecule has 10 heteroatoms. The standard InChI is InChI=1S/C18H27FN4O3S.HI/c1-3-20-18(23(2)12-14-4-6-15(19)7-5-14)21-10-8-17(24)22-16-9-11-27(25,26)13-16;/h4-7,16H,3,8-13H2,1-2H3,(H,20,21)(H,22,24);1H. The quantitative estimate of drug-likeness (QED) is 0.320. The van der Waals surface area contributed by atoms with Crippen molar-refractivity contribution in [1.29, 1.82) is 0 Å². The number of sulfone groups is 1. The summed E-state index contributed by atoms with van der Waals surface area (Å²) in [4.78, 5) is 18.3. The molecule has 0 saturated carbocycles. The van der Waals surface area contributed by atoms with Crippen LogP contribution in [0.25, 0.3) is 0 Å². The van der Waals surface area contributed by atoms with Crippen molar-refractivity contribution in [3.05, 3.63) is 35.6 Å². The summed E-state index contributed by atoms with van der Waals surface area (Å²) in [5.74, 6) is 0.332. The fourth-order valence-corrected chi connectivity index (χ4v) is 4.55. The number of nitrogens with zero attached hydrogens (tertiary/aromatic N) is 2. The molecule has 0 spiro atoms. The minimum atomic E-state index is -3.01. The minimum Gasteiger partial charge on any atom is -0.357 e. The van der Waals surface area contributed by atoms with E-state index in [0.717, 1.165) is 5.56 Å². The van der Waals surface area contributed by atoms with Crippen molar-refractivity contribution < 1.29 is 17.6 Å². The van der Waals surface area contributed by atoms with Gasteiger partial charge in [-0.1, -0.05) is 12.1 Å². The summed E-state index contributed by atoms with van der Waals surface area (Å²) in [6.07, 6.45) is 0.663. The monoisotopic (exact) mass is 526 g/mol. The zero-order valence-corrected chi connectivity index (χ0v) is 19.3. The van der Waals surface area contributed by atoms with Gasteiger partial charge in [0.05, 0.1) is 18.1 Å². The van der Waals surface area contributed by atoms with Gasteiger partial charge in [0.15, 0.2) is 15.8 Å². The van der Waals surface area contributed by atoms with E-state index in [-0.39, 0.29) is 59.7 Å². The normalized spacial score (nSPS) is 18.2. The van der Waals surface area contributed by atoms with Crippen LogP contribution >= 0.6 is 24.0 Å². The molecule has 28 heavy (non-hydrogen) atoms. The van der Waals surface area contributed by atoms with Gasteiger partial charge in [-0.2, -0.15) is 0 Å². The van der Waals surface area contributed by atoms with E-state index in [9.17, 15) is 17.6 Å². The van der Waals surface area contributed by atoms with Crippen LogP contribution in [0.15, 0.2) is 29.3 Å². The zero-order valence-electron chi connectivity index (χ0n) is 16.2. The second kappa shape index (κ2) is 11.5. The molecule has 0 aliphatic carbocycles. The first kappa shape index (κ1) is 24.6. The molecule has 1 aromatic rings. The average Bonchev–Trinajstić information content (AvgIpc) is 2.94. The van der Waals surface area contributed by atoms with Crippen molar-refractivity contribution in [1.82, 2.24) is 15.5 Å². The van der Waals surface area contributed by atoms with E-state index in [4.69, 9.17) is 0 Å². The van der Waals surface area contributed by atoms with Crippen LogP contribution < -0.4 is 10.6 Å². The SMILES string of the molecule is CCNC(=NCCC(=O)NC1CCS(=O)(=O)C1)N(C)Cc1ccc(F)cc1.I. The molecule has 2 N–H and O–H groups in total. The van der Waals surface area contributed by atoms with E-state index in [2.05, 4.69) is 15.6 Å². The van der Waals surface area contributed by atoms with Crippen molar-refractivity contribution in [3.8, 4) is 0 Å². The van der Waals surface area contributed by atoms with Crippen LogP contribution in [0, 0.1) is 5.82 Å². The molecule has 1 atom stereocenters. The first-order valence-electron chi connectivity index (χ1n) is 9.02. The molecule has 1 fully saturated rings.